The molecule has 0 aliphatic rings. The van der Waals surface area contributed by atoms with Gasteiger partial charge in [-0.15, -0.1) is 0 Å². The number of hydrogen-bond donors (Lipinski definition) is 0. The molecule has 0 radical (unpaired) electrons. The summed E-state index contributed by atoms with van der Waals surface area (Å²) in [5.41, 5.74) is 0. The minimum atomic E-state index is -4.44. The molecule has 0 amide bonds. The van der Waals surface area contributed by atoms with E-state index >= 15 is 0 Å². The number of esters is 1. The van der Waals surface area contributed by atoms with Gasteiger partial charge in [0.05, 0.1) is 7.11 Å². The Balaban J connectivity index is 0. The zero-order chi connectivity index (χ0) is 8.36. The maximum atomic E-state index is 11.9. The maximum absolute atomic E-state index is 11.9. The fourth-order valence-electron chi connectivity index (χ4n) is 0.187. The molecule has 0 rings (SSSR count). The van der Waals surface area contributed by atoms with Gasteiger partial charge in [-0.3, -0.25) is 4.21 Å². The van der Waals surface area contributed by atoms with Crippen LogP contribution >= 0.6 is 0 Å². The third kappa shape index (κ3) is 3.57. The second-order valence-electron chi connectivity index (χ2n) is 1.24. The van der Waals surface area contributed by atoms with Gasteiger partial charge in [0.2, 0.25) is 0 Å². The average Bonchev–Trinajstić information content (AvgIpc) is 1.86. The molecular weight excluding hydrogens is 193 g/mol. The fraction of sp³-hybridized carbons (Fsp3) is 0.667. The van der Waals surface area contributed by atoms with E-state index in [1.165, 1.54) is 0 Å². The van der Waals surface area contributed by atoms with Crippen LogP contribution in [-0.4, -0.2) is 27.1 Å². The minimum Gasteiger partial charge on any atom is -0.767 e. The number of rotatable bonds is 2. The first-order valence-corrected chi connectivity index (χ1v) is 3.06. The van der Waals surface area contributed by atoms with Crippen LogP contribution < -0.4 is 29.6 Å². The Morgan fingerprint density at radius 3 is 2.09 bits per heavy atom. The number of halogens is 2. The Morgan fingerprint density at radius 2 is 2.00 bits per heavy atom. The largest absolute Gasteiger partial charge is 1.00 e. The third-order valence-corrected chi connectivity index (χ3v) is 1.22. The van der Waals surface area contributed by atoms with Crippen molar-refractivity contribution in [2.45, 2.75) is 5.25 Å². The van der Waals surface area contributed by atoms with Crippen LogP contribution in [0.25, 0.3) is 0 Å². The van der Waals surface area contributed by atoms with Crippen LogP contribution in [0.5, 0.6) is 0 Å². The zero-order valence-electron chi connectivity index (χ0n) is 5.80. The van der Waals surface area contributed by atoms with E-state index in [1.54, 1.807) is 0 Å². The molecule has 60 valence electrons. The van der Waals surface area contributed by atoms with E-state index in [0.29, 0.717) is 7.11 Å². The van der Waals surface area contributed by atoms with Crippen molar-refractivity contribution in [3.8, 4) is 0 Å². The van der Waals surface area contributed by atoms with E-state index in [-0.39, 0.29) is 29.6 Å². The molecule has 0 fully saturated rings. The molecule has 0 aromatic carbocycles. The zero-order valence-corrected chi connectivity index (χ0v) is 8.61. The third-order valence-electron chi connectivity index (χ3n) is 0.632. The first-order valence-electron chi connectivity index (χ1n) is 1.98. The van der Waals surface area contributed by atoms with Crippen LogP contribution in [0, 0.1) is 0 Å². The second-order valence-corrected chi connectivity index (χ2v) is 2.23. The summed E-state index contributed by atoms with van der Waals surface area (Å²) in [5, 5.41) is -4.44. The number of ether oxygens (including phenoxy) is 1. The minimum absolute atomic E-state index is 0. The van der Waals surface area contributed by atoms with Gasteiger partial charge < -0.3 is 9.29 Å². The second kappa shape index (κ2) is 5.15. The van der Waals surface area contributed by atoms with Crippen molar-refractivity contribution >= 4 is 17.0 Å². The van der Waals surface area contributed by atoms with Gasteiger partial charge in [0.15, 0.2) is 0 Å². The fourth-order valence-corrected chi connectivity index (χ4v) is 0.406. The van der Waals surface area contributed by atoms with Crippen molar-refractivity contribution in [2.75, 3.05) is 7.11 Å². The SMILES string of the molecule is COC(=O)C(F)(F)S(=O)[O-].[Na+]. The van der Waals surface area contributed by atoms with Crippen LogP contribution in [-0.2, 0) is 20.6 Å². The molecule has 0 heterocycles. The number of methoxy groups -OCH3 is 1. The van der Waals surface area contributed by atoms with Crippen LogP contribution in [0.15, 0.2) is 0 Å². The van der Waals surface area contributed by atoms with Crippen molar-refractivity contribution < 1.29 is 56.6 Å². The van der Waals surface area contributed by atoms with Crippen LogP contribution in [0.4, 0.5) is 8.78 Å². The van der Waals surface area contributed by atoms with E-state index in [1.807, 2.05) is 0 Å². The number of hydrogen-bond acceptors (Lipinski definition) is 4. The summed E-state index contributed by atoms with van der Waals surface area (Å²) in [5.74, 6) is -2.08. The summed E-state index contributed by atoms with van der Waals surface area (Å²) in [6.45, 7) is 0. The van der Waals surface area contributed by atoms with Crippen molar-refractivity contribution in [1.82, 2.24) is 0 Å². The van der Waals surface area contributed by atoms with Crippen molar-refractivity contribution in [3.63, 3.8) is 0 Å². The molecule has 0 aliphatic carbocycles. The maximum Gasteiger partial charge on any atom is 1.00 e. The average molecular weight is 196 g/mol. The number of alkyl halides is 2. The topological polar surface area (TPSA) is 66.4 Å². The summed E-state index contributed by atoms with van der Waals surface area (Å²) in [7, 11) is 0.670. The van der Waals surface area contributed by atoms with Gasteiger partial charge in [0.25, 0.3) is 0 Å². The van der Waals surface area contributed by atoms with E-state index in [2.05, 4.69) is 4.74 Å². The molecule has 4 nitrogen and oxygen atoms in total. The standard InChI is InChI=1S/C3H4F2O4S.Na/c1-9-2(6)3(4,5)10(7)8;/h1H3,(H,7,8);/q;+1/p-1. The van der Waals surface area contributed by atoms with Crippen LogP contribution in [0.3, 0.4) is 0 Å². The summed E-state index contributed by atoms with van der Waals surface area (Å²) >= 11 is -3.76. The molecule has 0 saturated carbocycles. The molecule has 0 aromatic rings. The quantitative estimate of drug-likeness (QED) is 0.263. The van der Waals surface area contributed by atoms with E-state index < -0.39 is 22.3 Å². The van der Waals surface area contributed by atoms with E-state index in [9.17, 15) is 22.3 Å². The monoisotopic (exact) mass is 196 g/mol. The molecule has 0 saturated heterocycles. The molecule has 0 aromatic heterocycles. The summed E-state index contributed by atoms with van der Waals surface area (Å²) < 4.78 is 46.3. The van der Waals surface area contributed by atoms with Gasteiger partial charge in [0.1, 0.15) is 0 Å². The van der Waals surface area contributed by atoms with E-state index in [0.717, 1.165) is 0 Å². The van der Waals surface area contributed by atoms with Crippen LogP contribution in [0.1, 0.15) is 0 Å². The summed E-state index contributed by atoms with van der Waals surface area (Å²) in [6.07, 6.45) is 0. The Labute approximate surface area is 85.9 Å². The van der Waals surface area contributed by atoms with Crippen LogP contribution in [0.2, 0.25) is 0 Å². The molecule has 1 atom stereocenters. The van der Waals surface area contributed by atoms with Gasteiger partial charge in [-0.1, -0.05) is 0 Å². The molecule has 8 heteroatoms. The van der Waals surface area contributed by atoms with Crippen molar-refractivity contribution in [1.29, 1.82) is 0 Å². The van der Waals surface area contributed by atoms with Crippen molar-refractivity contribution in [3.05, 3.63) is 0 Å². The summed E-state index contributed by atoms with van der Waals surface area (Å²) in [6, 6.07) is 0. The summed E-state index contributed by atoms with van der Waals surface area (Å²) in [4.78, 5) is 9.91. The molecule has 0 N–H and O–H groups in total. The van der Waals surface area contributed by atoms with Gasteiger partial charge in [-0.2, -0.15) is 8.78 Å². The van der Waals surface area contributed by atoms with Gasteiger partial charge in [-0.25, -0.2) is 4.79 Å². The predicted molar refractivity (Wildman–Crippen MR) is 25.9 cm³/mol. The number of carbonyl (C=O) groups is 1. The van der Waals surface area contributed by atoms with Crippen molar-refractivity contribution in [2.24, 2.45) is 0 Å². The molecule has 0 bridgehead atoms. The first-order chi connectivity index (χ1) is 4.42. The Hall–Kier alpha value is 0.440. The molecule has 0 aliphatic heterocycles. The molecule has 11 heavy (non-hydrogen) atoms. The smallest absolute Gasteiger partial charge is 0.767 e. The molecule has 0 spiro atoms. The van der Waals surface area contributed by atoms with E-state index in [4.69, 9.17) is 0 Å². The Bertz CT molecular complexity index is 173. The normalized spacial score (nSPS) is 13.1. The Morgan fingerprint density at radius 1 is 1.64 bits per heavy atom. The molecular formula is C3H3F2NaO4S. The number of carbonyl (C=O) groups excluding carboxylic acids is 1. The van der Waals surface area contributed by atoms with Gasteiger partial charge in [-0.05, 0) is 0 Å². The molecule has 1 unspecified atom stereocenters. The first kappa shape index (κ1) is 14.0. The van der Waals surface area contributed by atoms with Gasteiger partial charge in [0, 0.05) is 11.1 Å². The Kier molecular flexibility index (Phi) is 6.55. The predicted octanol–water partition coefficient (Wildman–Crippen LogP) is -3.36. The van der Waals surface area contributed by atoms with Gasteiger partial charge >= 0.3 is 40.8 Å².